The van der Waals surface area contributed by atoms with Crippen LogP contribution in [0, 0.1) is 13.8 Å². The molecule has 0 aliphatic carbocycles. The zero-order valence-electron chi connectivity index (χ0n) is 7.40. The van der Waals surface area contributed by atoms with Gasteiger partial charge in [-0.05, 0) is 31.0 Å². The number of benzene rings is 1. The fourth-order valence-corrected chi connectivity index (χ4v) is 1.69. The van der Waals surface area contributed by atoms with Crippen molar-refractivity contribution in [2.75, 3.05) is 0 Å². The Kier molecular flexibility index (Phi) is 2.32. The van der Waals surface area contributed by atoms with Crippen LogP contribution in [-0.4, -0.2) is 13.5 Å². The van der Waals surface area contributed by atoms with E-state index in [-0.39, 0.29) is 10.6 Å². The number of hydrogen-bond acceptors (Lipinski definition) is 3. The Labute approximate surface area is 77.1 Å². The van der Waals surface area contributed by atoms with Crippen LogP contribution in [0.4, 0.5) is 0 Å². The molecule has 72 valence electrons. The molecule has 0 fully saturated rings. The first-order chi connectivity index (χ1) is 5.84. The average Bonchev–Trinajstić information content (AvgIpc) is 1.98. The molecule has 0 atom stereocenters. The summed E-state index contributed by atoms with van der Waals surface area (Å²) in [6, 6.07) is 2.90. The number of phenolic OH excluding ortho intramolecular Hbond substituents is 1. The summed E-state index contributed by atoms with van der Waals surface area (Å²) in [5, 5.41) is 14.3. The van der Waals surface area contributed by atoms with Gasteiger partial charge in [0.15, 0.2) is 0 Å². The first-order valence-corrected chi connectivity index (χ1v) is 5.20. The molecule has 0 spiro atoms. The SMILES string of the molecule is Cc1ccc(S(N)(=O)=O)c(O)c1C. The number of sulfonamides is 1. The molecule has 0 amide bonds. The van der Waals surface area contributed by atoms with Crippen LogP contribution in [0.2, 0.25) is 0 Å². The number of rotatable bonds is 1. The monoisotopic (exact) mass is 201 g/mol. The van der Waals surface area contributed by atoms with Crippen LogP contribution < -0.4 is 5.14 Å². The summed E-state index contributed by atoms with van der Waals surface area (Å²) in [4.78, 5) is -0.226. The standard InChI is InChI=1S/C8H11NO3S/c1-5-3-4-7(13(9,11)12)8(10)6(5)2/h3-4,10H,1-2H3,(H2,9,11,12). The van der Waals surface area contributed by atoms with Crippen molar-refractivity contribution in [3.8, 4) is 5.75 Å². The Balaban J connectivity index is 3.53. The second-order valence-electron chi connectivity index (χ2n) is 2.90. The van der Waals surface area contributed by atoms with Crippen LogP contribution in [0.3, 0.4) is 0 Å². The number of aromatic hydroxyl groups is 1. The molecule has 0 unspecified atom stereocenters. The molecule has 4 nitrogen and oxygen atoms in total. The molecule has 0 bridgehead atoms. The lowest BCUT2D eigenvalue weighted by molar-refractivity contribution is 0.454. The van der Waals surface area contributed by atoms with Gasteiger partial charge in [0.2, 0.25) is 10.0 Å². The van der Waals surface area contributed by atoms with Gasteiger partial charge in [-0.2, -0.15) is 0 Å². The molecular weight excluding hydrogens is 190 g/mol. The van der Waals surface area contributed by atoms with Crippen molar-refractivity contribution in [1.29, 1.82) is 0 Å². The number of nitrogens with two attached hydrogens (primary N) is 1. The van der Waals surface area contributed by atoms with E-state index >= 15 is 0 Å². The van der Waals surface area contributed by atoms with E-state index in [2.05, 4.69) is 0 Å². The molecule has 0 saturated carbocycles. The minimum atomic E-state index is -3.82. The van der Waals surface area contributed by atoms with E-state index in [1.54, 1.807) is 19.9 Å². The highest BCUT2D eigenvalue weighted by molar-refractivity contribution is 7.89. The predicted octanol–water partition coefficient (Wildman–Crippen LogP) is 0.656. The third kappa shape index (κ3) is 1.81. The highest BCUT2D eigenvalue weighted by Gasteiger charge is 2.15. The summed E-state index contributed by atoms with van der Waals surface area (Å²) in [6.07, 6.45) is 0. The molecule has 0 saturated heterocycles. The molecule has 3 N–H and O–H groups in total. The van der Waals surface area contributed by atoms with Gasteiger partial charge in [0.05, 0.1) is 0 Å². The van der Waals surface area contributed by atoms with E-state index in [9.17, 15) is 13.5 Å². The Morgan fingerprint density at radius 2 is 1.85 bits per heavy atom. The maximum Gasteiger partial charge on any atom is 0.241 e. The Morgan fingerprint density at radius 3 is 2.31 bits per heavy atom. The van der Waals surface area contributed by atoms with Crippen LogP contribution >= 0.6 is 0 Å². The smallest absolute Gasteiger partial charge is 0.241 e. The third-order valence-electron chi connectivity index (χ3n) is 1.97. The van der Waals surface area contributed by atoms with Crippen LogP contribution in [0.15, 0.2) is 17.0 Å². The van der Waals surface area contributed by atoms with Crippen molar-refractivity contribution in [2.45, 2.75) is 18.7 Å². The highest BCUT2D eigenvalue weighted by atomic mass is 32.2. The number of aryl methyl sites for hydroxylation is 1. The lowest BCUT2D eigenvalue weighted by Gasteiger charge is -2.06. The van der Waals surface area contributed by atoms with Crippen molar-refractivity contribution in [1.82, 2.24) is 0 Å². The van der Waals surface area contributed by atoms with Crippen molar-refractivity contribution in [3.63, 3.8) is 0 Å². The summed E-state index contributed by atoms with van der Waals surface area (Å²) >= 11 is 0. The van der Waals surface area contributed by atoms with Gasteiger partial charge in [-0.15, -0.1) is 0 Å². The lowest BCUT2D eigenvalue weighted by atomic mass is 10.1. The van der Waals surface area contributed by atoms with Crippen molar-refractivity contribution < 1.29 is 13.5 Å². The third-order valence-corrected chi connectivity index (χ3v) is 2.91. The quantitative estimate of drug-likeness (QED) is 0.700. The van der Waals surface area contributed by atoms with Crippen molar-refractivity contribution in [3.05, 3.63) is 23.3 Å². The van der Waals surface area contributed by atoms with E-state index in [1.807, 2.05) is 0 Å². The van der Waals surface area contributed by atoms with Crippen LogP contribution in [-0.2, 0) is 10.0 Å². The normalized spacial score (nSPS) is 11.6. The summed E-state index contributed by atoms with van der Waals surface area (Å²) in [5.74, 6) is -0.262. The number of hydrogen-bond donors (Lipinski definition) is 2. The van der Waals surface area contributed by atoms with Crippen LogP contribution in [0.5, 0.6) is 5.75 Å². The van der Waals surface area contributed by atoms with Crippen LogP contribution in [0.25, 0.3) is 0 Å². The van der Waals surface area contributed by atoms with Crippen molar-refractivity contribution in [2.24, 2.45) is 5.14 Å². The molecule has 1 aromatic carbocycles. The Bertz CT molecular complexity index is 437. The number of phenols is 1. The molecule has 5 heteroatoms. The summed E-state index contributed by atoms with van der Waals surface area (Å²) in [6.45, 7) is 3.42. The van der Waals surface area contributed by atoms with Gasteiger partial charge in [0, 0.05) is 0 Å². The van der Waals surface area contributed by atoms with E-state index < -0.39 is 10.0 Å². The molecule has 0 heterocycles. The molecule has 0 aromatic heterocycles. The molecule has 0 aliphatic rings. The summed E-state index contributed by atoms with van der Waals surface area (Å²) in [7, 11) is -3.82. The van der Waals surface area contributed by atoms with E-state index in [0.29, 0.717) is 5.56 Å². The van der Waals surface area contributed by atoms with Gasteiger partial charge in [-0.25, -0.2) is 13.6 Å². The van der Waals surface area contributed by atoms with Gasteiger partial charge in [0.25, 0.3) is 0 Å². The minimum Gasteiger partial charge on any atom is -0.506 e. The van der Waals surface area contributed by atoms with Gasteiger partial charge in [-0.3, -0.25) is 0 Å². The van der Waals surface area contributed by atoms with Gasteiger partial charge >= 0.3 is 0 Å². The molecule has 1 aromatic rings. The lowest BCUT2D eigenvalue weighted by Crippen LogP contribution is -2.12. The summed E-state index contributed by atoms with van der Waals surface area (Å²) < 4.78 is 21.9. The predicted molar refractivity (Wildman–Crippen MR) is 49.0 cm³/mol. The molecular formula is C8H11NO3S. The van der Waals surface area contributed by atoms with Gasteiger partial charge in [-0.1, -0.05) is 6.07 Å². The highest BCUT2D eigenvalue weighted by Crippen LogP contribution is 2.27. The Morgan fingerprint density at radius 1 is 1.31 bits per heavy atom. The number of primary sulfonamides is 1. The zero-order valence-corrected chi connectivity index (χ0v) is 8.22. The second kappa shape index (κ2) is 3.01. The van der Waals surface area contributed by atoms with Gasteiger partial charge < -0.3 is 5.11 Å². The topological polar surface area (TPSA) is 80.4 Å². The molecule has 13 heavy (non-hydrogen) atoms. The first-order valence-electron chi connectivity index (χ1n) is 3.66. The van der Waals surface area contributed by atoms with Crippen LogP contribution in [0.1, 0.15) is 11.1 Å². The van der Waals surface area contributed by atoms with E-state index in [0.717, 1.165) is 5.56 Å². The maximum atomic E-state index is 10.9. The zero-order chi connectivity index (χ0) is 10.2. The fraction of sp³-hybridized carbons (Fsp3) is 0.250. The maximum absolute atomic E-state index is 10.9. The minimum absolute atomic E-state index is 0.226. The van der Waals surface area contributed by atoms with E-state index in [1.165, 1.54) is 6.07 Å². The fourth-order valence-electron chi connectivity index (χ4n) is 1.01. The largest absolute Gasteiger partial charge is 0.506 e. The van der Waals surface area contributed by atoms with Gasteiger partial charge in [0.1, 0.15) is 10.6 Å². The Hall–Kier alpha value is -1.07. The average molecular weight is 201 g/mol. The second-order valence-corrected chi connectivity index (χ2v) is 4.43. The first kappa shape index (κ1) is 10.0. The molecule has 0 aliphatic heterocycles. The molecule has 1 rings (SSSR count). The van der Waals surface area contributed by atoms with Crippen molar-refractivity contribution >= 4 is 10.0 Å². The summed E-state index contributed by atoms with van der Waals surface area (Å²) in [5.41, 5.74) is 1.36. The van der Waals surface area contributed by atoms with E-state index in [4.69, 9.17) is 5.14 Å². The molecule has 0 radical (unpaired) electrons.